The number of piperidine rings is 1. The first kappa shape index (κ1) is 13.3. The van der Waals surface area contributed by atoms with Gasteiger partial charge in [-0.15, -0.1) is 0 Å². The number of nitrogens with zero attached hydrogens (tertiary/aromatic N) is 2. The number of likely N-dealkylation sites (tertiary alicyclic amines) is 1. The number of hydrogen-bond donors (Lipinski definition) is 1. The van der Waals surface area contributed by atoms with E-state index in [1.807, 2.05) is 0 Å². The zero-order chi connectivity index (χ0) is 12.3. The maximum absolute atomic E-state index is 6.00. The molecule has 2 rings (SSSR count). The molecule has 0 aromatic rings. The summed E-state index contributed by atoms with van der Waals surface area (Å²) in [5.41, 5.74) is 6.27. The second-order valence-electron chi connectivity index (χ2n) is 6.15. The molecule has 0 atom stereocenters. The van der Waals surface area contributed by atoms with Crippen LogP contribution in [0.5, 0.6) is 0 Å². The van der Waals surface area contributed by atoms with Crippen LogP contribution in [0.2, 0.25) is 0 Å². The van der Waals surface area contributed by atoms with E-state index in [2.05, 4.69) is 23.9 Å². The van der Waals surface area contributed by atoms with E-state index in [0.717, 1.165) is 12.6 Å². The summed E-state index contributed by atoms with van der Waals surface area (Å²) in [5, 5.41) is 0. The van der Waals surface area contributed by atoms with Crippen LogP contribution in [0.1, 0.15) is 44.9 Å². The quantitative estimate of drug-likeness (QED) is 0.813. The van der Waals surface area contributed by atoms with Gasteiger partial charge in [-0.2, -0.15) is 0 Å². The van der Waals surface area contributed by atoms with Crippen LogP contribution >= 0.6 is 0 Å². The minimum absolute atomic E-state index is 0.269. The first-order valence-electron chi connectivity index (χ1n) is 7.29. The van der Waals surface area contributed by atoms with E-state index in [1.54, 1.807) is 0 Å². The van der Waals surface area contributed by atoms with E-state index in [9.17, 15) is 0 Å². The van der Waals surface area contributed by atoms with Gasteiger partial charge in [-0.05, 0) is 39.8 Å². The fourth-order valence-electron chi connectivity index (χ4n) is 3.59. The van der Waals surface area contributed by atoms with Crippen LogP contribution in [-0.2, 0) is 0 Å². The van der Waals surface area contributed by atoms with Gasteiger partial charge in [-0.25, -0.2) is 0 Å². The summed E-state index contributed by atoms with van der Waals surface area (Å²) in [7, 11) is 4.37. The second-order valence-corrected chi connectivity index (χ2v) is 6.15. The van der Waals surface area contributed by atoms with Gasteiger partial charge in [0.2, 0.25) is 0 Å². The Morgan fingerprint density at radius 2 is 1.71 bits per heavy atom. The number of rotatable bonds is 3. The Morgan fingerprint density at radius 1 is 1.12 bits per heavy atom. The van der Waals surface area contributed by atoms with Crippen LogP contribution in [0.25, 0.3) is 0 Å². The molecule has 100 valence electrons. The molecular formula is C14H29N3. The lowest BCUT2D eigenvalue weighted by molar-refractivity contribution is 0.0342. The van der Waals surface area contributed by atoms with Crippen molar-refractivity contribution in [3.05, 3.63) is 0 Å². The lowest BCUT2D eigenvalue weighted by atomic mass is 9.84. The van der Waals surface area contributed by atoms with E-state index in [1.165, 1.54) is 58.0 Å². The van der Waals surface area contributed by atoms with Crippen LogP contribution in [0.3, 0.4) is 0 Å². The predicted octanol–water partition coefficient (Wildman–Crippen LogP) is 1.67. The molecule has 1 aliphatic carbocycles. The summed E-state index contributed by atoms with van der Waals surface area (Å²) in [5.74, 6) is 0. The first-order chi connectivity index (χ1) is 8.18. The number of likely N-dealkylation sites (N-methyl/N-ethyl adjacent to an activating group) is 1. The van der Waals surface area contributed by atoms with Crippen molar-refractivity contribution in [2.24, 2.45) is 5.73 Å². The molecule has 0 aromatic heterocycles. The Morgan fingerprint density at radius 3 is 2.18 bits per heavy atom. The standard InChI is InChI=1S/C14H29N3/c1-16(2)14(12-15)8-10-17(11-9-14)13-6-4-3-5-7-13/h13H,3-12,15H2,1-2H3. The van der Waals surface area contributed by atoms with Crippen LogP contribution in [0.15, 0.2) is 0 Å². The molecule has 0 spiro atoms. The van der Waals surface area contributed by atoms with Gasteiger partial charge < -0.3 is 15.5 Å². The molecule has 0 amide bonds. The summed E-state index contributed by atoms with van der Waals surface area (Å²) in [6.07, 6.45) is 9.68. The van der Waals surface area contributed by atoms with Crippen molar-refractivity contribution in [1.29, 1.82) is 0 Å². The SMILES string of the molecule is CN(C)C1(CN)CCN(C2CCCCC2)CC1. The lowest BCUT2D eigenvalue weighted by Crippen LogP contribution is -2.58. The monoisotopic (exact) mass is 239 g/mol. The Bertz CT molecular complexity index is 226. The van der Waals surface area contributed by atoms with E-state index in [0.29, 0.717) is 0 Å². The highest BCUT2D eigenvalue weighted by atomic mass is 15.2. The second kappa shape index (κ2) is 5.68. The largest absolute Gasteiger partial charge is 0.329 e. The maximum atomic E-state index is 6.00. The Balaban J connectivity index is 1.88. The van der Waals surface area contributed by atoms with Crippen LogP contribution in [0, 0.1) is 0 Å². The van der Waals surface area contributed by atoms with Crippen LogP contribution in [-0.4, -0.2) is 55.1 Å². The van der Waals surface area contributed by atoms with Crippen molar-refractivity contribution in [1.82, 2.24) is 9.80 Å². The van der Waals surface area contributed by atoms with Crippen molar-refractivity contribution in [3.8, 4) is 0 Å². The molecular weight excluding hydrogens is 210 g/mol. The third kappa shape index (κ3) is 2.83. The van der Waals surface area contributed by atoms with E-state index < -0.39 is 0 Å². The van der Waals surface area contributed by atoms with Gasteiger partial charge in [0, 0.05) is 31.2 Å². The molecule has 0 aromatic carbocycles. The average molecular weight is 239 g/mol. The van der Waals surface area contributed by atoms with Crippen molar-refractivity contribution < 1.29 is 0 Å². The summed E-state index contributed by atoms with van der Waals surface area (Å²) < 4.78 is 0. The zero-order valence-corrected chi connectivity index (χ0v) is 11.6. The van der Waals surface area contributed by atoms with Crippen molar-refractivity contribution in [3.63, 3.8) is 0 Å². The first-order valence-corrected chi connectivity index (χ1v) is 7.29. The molecule has 17 heavy (non-hydrogen) atoms. The zero-order valence-electron chi connectivity index (χ0n) is 11.6. The summed E-state index contributed by atoms with van der Waals surface area (Å²) in [6, 6.07) is 0.877. The molecule has 3 nitrogen and oxygen atoms in total. The average Bonchev–Trinajstić information content (AvgIpc) is 2.39. The topological polar surface area (TPSA) is 32.5 Å². The molecule has 0 unspecified atom stereocenters. The smallest absolute Gasteiger partial charge is 0.0349 e. The number of nitrogens with two attached hydrogens (primary N) is 1. The molecule has 1 saturated heterocycles. The van der Waals surface area contributed by atoms with Gasteiger partial charge in [0.1, 0.15) is 0 Å². The predicted molar refractivity (Wildman–Crippen MR) is 73.2 cm³/mol. The van der Waals surface area contributed by atoms with Crippen LogP contribution in [0.4, 0.5) is 0 Å². The molecule has 0 bridgehead atoms. The molecule has 1 aliphatic heterocycles. The highest BCUT2D eigenvalue weighted by Gasteiger charge is 2.37. The van der Waals surface area contributed by atoms with Gasteiger partial charge in [0.05, 0.1) is 0 Å². The fraction of sp³-hybridized carbons (Fsp3) is 1.00. The number of hydrogen-bond acceptors (Lipinski definition) is 3. The molecule has 2 N–H and O–H groups in total. The van der Waals surface area contributed by atoms with E-state index in [4.69, 9.17) is 5.73 Å². The Kier molecular flexibility index (Phi) is 4.45. The highest BCUT2D eigenvalue weighted by molar-refractivity contribution is 4.95. The van der Waals surface area contributed by atoms with Crippen molar-refractivity contribution in [2.45, 2.75) is 56.5 Å². The third-order valence-corrected chi connectivity index (χ3v) is 5.15. The highest BCUT2D eigenvalue weighted by Crippen LogP contribution is 2.30. The fourth-order valence-corrected chi connectivity index (χ4v) is 3.59. The lowest BCUT2D eigenvalue weighted by Gasteiger charge is -2.48. The minimum Gasteiger partial charge on any atom is -0.329 e. The molecule has 0 radical (unpaired) electrons. The summed E-state index contributed by atoms with van der Waals surface area (Å²) >= 11 is 0. The minimum atomic E-state index is 0.269. The van der Waals surface area contributed by atoms with Gasteiger partial charge in [0.15, 0.2) is 0 Å². The summed E-state index contributed by atoms with van der Waals surface area (Å²) in [4.78, 5) is 5.09. The summed E-state index contributed by atoms with van der Waals surface area (Å²) in [6.45, 7) is 3.30. The Labute approximate surface area is 106 Å². The van der Waals surface area contributed by atoms with E-state index in [-0.39, 0.29) is 5.54 Å². The van der Waals surface area contributed by atoms with Crippen LogP contribution < -0.4 is 5.73 Å². The van der Waals surface area contributed by atoms with Crippen molar-refractivity contribution in [2.75, 3.05) is 33.7 Å². The normalized spacial score (nSPS) is 27.5. The molecule has 1 heterocycles. The molecule has 2 fully saturated rings. The third-order valence-electron chi connectivity index (χ3n) is 5.15. The van der Waals surface area contributed by atoms with E-state index >= 15 is 0 Å². The van der Waals surface area contributed by atoms with Gasteiger partial charge in [0.25, 0.3) is 0 Å². The Hall–Kier alpha value is -0.120. The van der Waals surface area contributed by atoms with Gasteiger partial charge in [-0.3, -0.25) is 0 Å². The van der Waals surface area contributed by atoms with Crippen molar-refractivity contribution >= 4 is 0 Å². The molecule has 1 saturated carbocycles. The maximum Gasteiger partial charge on any atom is 0.0349 e. The van der Waals surface area contributed by atoms with Gasteiger partial charge >= 0.3 is 0 Å². The molecule has 3 heteroatoms. The molecule has 2 aliphatic rings. The van der Waals surface area contributed by atoms with Gasteiger partial charge in [-0.1, -0.05) is 19.3 Å².